The van der Waals surface area contributed by atoms with Crippen LogP contribution >= 0.6 is 22.9 Å². The minimum Gasteiger partial charge on any atom is -0.382 e. The molecule has 5 nitrogen and oxygen atoms in total. The van der Waals surface area contributed by atoms with Crippen LogP contribution in [-0.4, -0.2) is 36.2 Å². The molecule has 1 fully saturated rings. The molecule has 0 spiro atoms. The van der Waals surface area contributed by atoms with Crippen LogP contribution in [0.5, 0.6) is 0 Å². The molecular weight excluding hydrogens is 304 g/mol. The number of nitrogen functional groups attached to an aromatic ring is 1. The first-order valence-corrected chi connectivity index (χ1v) is 8.77. The van der Waals surface area contributed by atoms with Gasteiger partial charge in [-0.2, -0.15) is 4.37 Å². The van der Waals surface area contributed by atoms with Crippen molar-refractivity contribution in [2.24, 2.45) is 5.92 Å². The first-order valence-electron chi connectivity index (χ1n) is 7.11. The standard InChI is InChI=1S/C14H20N4OS2/c1-9-16-11(8-20-9)12-13(15)17-21-14(12)18(2)5-6-19-7-10-3-4-10/h8,10H,3-7H2,1-2H3,(H2,15,17). The van der Waals surface area contributed by atoms with Gasteiger partial charge < -0.3 is 15.4 Å². The van der Waals surface area contributed by atoms with Gasteiger partial charge in [0.05, 0.1) is 22.9 Å². The highest BCUT2D eigenvalue weighted by Gasteiger charge is 2.22. The number of rotatable bonds is 7. The van der Waals surface area contributed by atoms with Gasteiger partial charge in [-0.3, -0.25) is 0 Å². The lowest BCUT2D eigenvalue weighted by molar-refractivity contribution is 0.131. The molecule has 114 valence electrons. The normalized spacial score (nSPS) is 14.6. The monoisotopic (exact) mass is 324 g/mol. The summed E-state index contributed by atoms with van der Waals surface area (Å²) in [5, 5.41) is 4.14. The number of nitrogens with zero attached hydrogens (tertiary/aromatic N) is 3. The first-order chi connectivity index (χ1) is 10.1. The van der Waals surface area contributed by atoms with Crippen LogP contribution in [0.3, 0.4) is 0 Å². The van der Waals surface area contributed by atoms with Crippen molar-refractivity contribution in [1.29, 1.82) is 0 Å². The zero-order valence-electron chi connectivity index (χ0n) is 12.3. The fraction of sp³-hybridized carbons (Fsp3) is 0.571. The molecule has 21 heavy (non-hydrogen) atoms. The highest BCUT2D eigenvalue weighted by atomic mass is 32.1. The Balaban J connectivity index is 1.66. The Kier molecular flexibility index (Phi) is 4.42. The van der Waals surface area contributed by atoms with Crippen molar-refractivity contribution in [3.05, 3.63) is 10.4 Å². The van der Waals surface area contributed by atoms with Crippen molar-refractivity contribution in [2.45, 2.75) is 19.8 Å². The number of aryl methyl sites for hydroxylation is 1. The van der Waals surface area contributed by atoms with E-state index in [1.165, 1.54) is 24.4 Å². The van der Waals surface area contributed by atoms with Crippen molar-refractivity contribution >= 4 is 33.7 Å². The zero-order valence-corrected chi connectivity index (χ0v) is 14.0. The Morgan fingerprint density at radius 1 is 1.48 bits per heavy atom. The topological polar surface area (TPSA) is 64.3 Å². The number of anilines is 2. The molecule has 1 aliphatic rings. The molecule has 2 aromatic heterocycles. The number of ether oxygens (including phenoxy) is 1. The van der Waals surface area contributed by atoms with Crippen molar-refractivity contribution in [3.8, 4) is 11.3 Å². The first kappa shape index (κ1) is 14.7. The molecule has 0 bridgehead atoms. The van der Waals surface area contributed by atoms with Crippen LogP contribution in [0.15, 0.2) is 5.38 Å². The summed E-state index contributed by atoms with van der Waals surface area (Å²) in [6.07, 6.45) is 2.66. The van der Waals surface area contributed by atoms with Crippen molar-refractivity contribution < 1.29 is 4.74 Å². The maximum Gasteiger partial charge on any atom is 0.148 e. The minimum absolute atomic E-state index is 0.561. The smallest absolute Gasteiger partial charge is 0.148 e. The van der Waals surface area contributed by atoms with Crippen LogP contribution in [0.2, 0.25) is 0 Å². The Hall–Kier alpha value is -1.18. The predicted molar refractivity (Wildman–Crippen MR) is 89.2 cm³/mol. The fourth-order valence-electron chi connectivity index (χ4n) is 2.11. The molecule has 0 aliphatic heterocycles. The van der Waals surface area contributed by atoms with E-state index in [-0.39, 0.29) is 0 Å². The van der Waals surface area contributed by atoms with Gasteiger partial charge in [0, 0.05) is 25.6 Å². The zero-order chi connectivity index (χ0) is 14.8. The van der Waals surface area contributed by atoms with Gasteiger partial charge in [-0.25, -0.2) is 4.98 Å². The molecule has 0 atom stereocenters. The molecular formula is C14H20N4OS2. The number of hydrogen-bond acceptors (Lipinski definition) is 7. The van der Waals surface area contributed by atoms with Gasteiger partial charge >= 0.3 is 0 Å². The SMILES string of the molecule is Cc1nc(-c2c(N)nsc2N(C)CCOCC2CC2)cs1. The Morgan fingerprint density at radius 3 is 2.95 bits per heavy atom. The van der Waals surface area contributed by atoms with Gasteiger partial charge in [0.15, 0.2) is 0 Å². The number of hydrogen-bond donors (Lipinski definition) is 1. The van der Waals surface area contributed by atoms with Gasteiger partial charge in [0.1, 0.15) is 10.8 Å². The lowest BCUT2D eigenvalue weighted by Crippen LogP contribution is -2.22. The number of thiazole rings is 1. The third-order valence-electron chi connectivity index (χ3n) is 3.54. The lowest BCUT2D eigenvalue weighted by Gasteiger charge is -2.18. The van der Waals surface area contributed by atoms with Gasteiger partial charge in [-0.15, -0.1) is 11.3 Å². The molecule has 0 unspecified atom stereocenters. The summed E-state index contributed by atoms with van der Waals surface area (Å²) in [5.41, 5.74) is 7.90. The molecule has 0 aromatic carbocycles. The number of nitrogens with two attached hydrogens (primary N) is 1. The quantitative estimate of drug-likeness (QED) is 0.793. The Morgan fingerprint density at radius 2 is 2.29 bits per heavy atom. The van der Waals surface area contributed by atoms with E-state index >= 15 is 0 Å². The largest absolute Gasteiger partial charge is 0.382 e. The maximum absolute atomic E-state index is 6.03. The number of likely N-dealkylation sites (N-methyl/N-ethyl adjacent to an activating group) is 1. The van der Waals surface area contributed by atoms with E-state index in [9.17, 15) is 0 Å². The third kappa shape index (κ3) is 3.53. The molecule has 7 heteroatoms. The molecule has 2 N–H and O–H groups in total. The molecule has 2 aromatic rings. The summed E-state index contributed by atoms with van der Waals surface area (Å²) in [7, 11) is 2.05. The molecule has 0 saturated heterocycles. The number of aromatic nitrogens is 2. The van der Waals surface area contributed by atoms with Crippen molar-refractivity contribution in [1.82, 2.24) is 9.36 Å². The highest BCUT2D eigenvalue weighted by molar-refractivity contribution is 7.11. The van der Waals surface area contributed by atoms with Gasteiger partial charge in [0.25, 0.3) is 0 Å². The van der Waals surface area contributed by atoms with Crippen LogP contribution in [-0.2, 0) is 4.74 Å². The van der Waals surface area contributed by atoms with E-state index in [1.54, 1.807) is 11.3 Å². The van der Waals surface area contributed by atoms with E-state index in [0.717, 1.165) is 46.9 Å². The fourth-order valence-corrected chi connectivity index (χ4v) is 3.52. The highest BCUT2D eigenvalue weighted by Crippen LogP contribution is 2.39. The van der Waals surface area contributed by atoms with E-state index in [0.29, 0.717) is 5.82 Å². The van der Waals surface area contributed by atoms with Gasteiger partial charge in [0.2, 0.25) is 0 Å². The van der Waals surface area contributed by atoms with E-state index in [2.05, 4.69) is 21.3 Å². The molecule has 3 rings (SSSR count). The van der Waals surface area contributed by atoms with E-state index in [4.69, 9.17) is 10.5 Å². The van der Waals surface area contributed by atoms with Crippen molar-refractivity contribution in [2.75, 3.05) is 37.4 Å². The molecule has 1 aliphatic carbocycles. The lowest BCUT2D eigenvalue weighted by atomic mass is 10.2. The summed E-state index contributed by atoms with van der Waals surface area (Å²) in [4.78, 5) is 6.69. The van der Waals surface area contributed by atoms with Crippen LogP contribution in [0.1, 0.15) is 17.8 Å². The average molecular weight is 324 g/mol. The average Bonchev–Trinajstić information content (AvgIpc) is 3.07. The van der Waals surface area contributed by atoms with E-state index < -0.39 is 0 Å². The molecule has 0 radical (unpaired) electrons. The minimum atomic E-state index is 0.561. The summed E-state index contributed by atoms with van der Waals surface area (Å²) in [6.45, 7) is 4.47. The maximum atomic E-state index is 6.03. The second-order valence-electron chi connectivity index (χ2n) is 5.44. The second kappa shape index (κ2) is 6.29. The van der Waals surface area contributed by atoms with Crippen LogP contribution in [0, 0.1) is 12.8 Å². The molecule has 1 saturated carbocycles. The second-order valence-corrected chi connectivity index (χ2v) is 7.25. The summed E-state index contributed by atoms with van der Waals surface area (Å²) in [5.74, 6) is 1.37. The van der Waals surface area contributed by atoms with Crippen LogP contribution < -0.4 is 10.6 Å². The van der Waals surface area contributed by atoms with Crippen LogP contribution in [0.4, 0.5) is 10.8 Å². The van der Waals surface area contributed by atoms with Gasteiger partial charge in [-0.1, -0.05) is 0 Å². The van der Waals surface area contributed by atoms with Crippen LogP contribution in [0.25, 0.3) is 11.3 Å². The molecule has 0 amide bonds. The Labute approximate surface area is 132 Å². The third-order valence-corrected chi connectivity index (χ3v) is 5.29. The van der Waals surface area contributed by atoms with Crippen molar-refractivity contribution in [3.63, 3.8) is 0 Å². The summed E-state index contributed by atoms with van der Waals surface area (Å²) < 4.78 is 10.00. The molecule has 2 heterocycles. The van der Waals surface area contributed by atoms with Gasteiger partial charge in [-0.05, 0) is 37.2 Å². The Bertz CT molecular complexity index is 606. The summed E-state index contributed by atoms with van der Waals surface area (Å²) >= 11 is 3.06. The summed E-state index contributed by atoms with van der Waals surface area (Å²) in [6, 6.07) is 0. The van der Waals surface area contributed by atoms with E-state index in [1.807, 2.05) is 12.3 Å². The predicted octanol–water partition coefficient (Wildman–Crippen LogP) is 3.02.